The largest absolute Gasteiger partial charge is 0.392 e. The standard InChI is InChI=1S/C22H32N2O2/c1-24-20-13-9-11-18(16-20)10-5-2-3-6-12-19-17-21(26-23-19)14-7-4-8-15-22(24)25/h9,11,13,16,21H,2-8,10,12,14-15,17H2,1H3. The van der Waals surface area contributed by atoms with Gasteiger partial charge in [-0.15, -0.1) is 0 Å². The predicted molar refractivity (Wildman–Crippen MR) is 107 cm³/mol. The number of hydrogen-bond acceptors (Lipinski definition) is 3. The van der Waals surface area contributed by atoms with E-state index < -0.39 is 0 Å². The van der Waals surface area contributed by atoms with Crippen LogP contribution in [0.1, 0.15) is 76.2 Å². The molecule has 0 saturated heterocycles. The summed E-state index contributed by atoms with van der Waals surface area (Å²) in [5.74, 6) is 0.211. The molecule has 2 aliphatic rings. The molecule has 2 heterocycles. The van der Waals surface area contributed by atoms with Gasteiger partial charge in [0.05, 0.1) is 5.71 Å². The lowest BCUT2D eigenvalue weighted by Crippen LogP contribution is -2.25. The fourth-order valence-corrected chi connectivity index (χ4v) is 3.86. The van der Waals surface area contributed by atoms with Gasteiger partial charge in [0.15, 0.2) is 0 Å². The van der Waals surface area contributed by atoms with E-state index in [0.717, 1.165) is 50.6 Å². The van der Waals surface area contributed by atoms with Gasteiger partial charge in [0.25, 0.3) is 0 Å². The lowest BCUT2D eigenvalue weighted by Gasteiger charge is -2.18. The van der Waals surface area contributed by atoms with Crippen molar-refractivity contribution < 1.29 is 9.63 Å². The second-order valence-corrected chi connectivity index (χ2v) is 7.73. The SMILES string of the molecule is CN1C(=O)CCCCCC2CC(=NO2)CCCCCCc2cccc1c2. The average Bonchev–Trinajstić information content (AvgIpc) is 3.10. The van der Waals surface area contributed by atoms with Crippen LogP contribution in [0.4, 0.5) is 5.69 Å². The average molecular weight is 357 g/mol. The number of benzene rings is 1. The van der Waals surface area contributed by atoms with Crippen molar-refractivity contribution in [1.29, 1.82) is 0 Å². The highest BCUT2D eigenvalue weighted by atomic mass is 16.6. The van der Waals surface area contributed by atoms with Crippen LogP contribution in [0.15, 0.2) is 29.4 Å². The summed E-state index contributed by atoms with van der Waals surface area (Å²) in [6.45, 7) is 0. The van der Waals surface area contributed by atoms with Gasteiger partial charge in [-0.2, -0.15) is 0 Å². The van der Waals surface area contributed by atoms with E-state index in [1.54, 1.807) is 0 Å². The van der Waals surface area contributed by atoms with Gasteiger partial charge in [0.2, 0.25) is 5.91 Å². The van der Waals surface area contributed by atoms with Gasteiger partial charge in [-0.05, 0) is 62.6 Å². The monoisotopic (exact) mass is 356 g/mol. The molecular formula is C22H32N2O2. The number of fused-ring (bicyclic) bond motifs is 4. The molecule has 0 saturated carbocycles. The van der Waals surface area contributed by atoms with Gasteiger partial charge < -0.3 is 9.74 Å². The number of carbonyl (C=O) groups excluding carboxylic acids is 1. The van der Waals surface area contributed by atoms with Crippen molar-refractivity contribution in [3.8, 4) is 0 Å². The van der Waals surface area contributed by atoms with E-state index >= 15 is 0 Å². The van der Waals surface area contributed by atoms with E-state index in [1.165, 1.54) is 37.0 Å². The predicted octanol–water partition coefficient (Wildman–Crippen LogP) is 5.25. The third kappa shape index (κ3) is 5.58. The topological polar surface area (TPSA) is 41.9 Å². The fraction of sp³-hybridized carbons (Fsp3) is 0.636. The third-order valence-electron chi connectivity index (χ3n) is 5.56. The van der Waals surface area contributed by atoms with Crippen molar-refractivity contribution >= 4 is 17.3 Å². The number of aryl methyl sites for hydroxylation is 1. The molecule has 0 fully saturated rings. The zero-order valence-corrected chi connectivity index (χ0v) is 16.1. The number of rotatable bonds is 0. The third-order valence-corrected chi connectivity index (χ3v) is 5.56. The summed E-state index contributed by atoms with van der Waals surface area (Å²) in [5, 5.41) is 4.28. The van der Waals surface area contributed by atoms with E-state index in [0.29, 0.717) is 6.42 Å². The second-order valence-electron chi connectivity index (χ2n) is 7.73. The Kier molecular flexibility index (Phi) is 7.10. The summed E-state index contributed by atoms with van der Waals surface area (Å²) >= 11 is 0. The Labute approximate surface area is 157 Å². The summed E-state index contributed by atoms with van der Waals surface area (Å²) in [4.78, 5) is 19.9. The van der Waals surface area contributed by atoms with Crippen LogP contribution < -0.4 is 4.90 Å². The lowest BCUT2D eigenvalue weighted by atomic mass is 10.0. The maximum atomic E-state index is 12.5. The van der Waals surface area contributed by atoms with Gasteiger partial charge in [0, 0.05) is 25.6 Å². The van der Waals surface area contributed by atoms with E-state index in [9.17, 15) is 4.79 Å². The first-order chi connectivity index (χ1) is 12.7. The molecule has 2 aliphatic heterocycles. The Balaban J connectivity index is 1.59. The zero-order chi connectivity index (χ0) is 18.2. The Morgan fingerprint density at radius 3 is 2.65 bits per heavy atom. The number of carbonyl (C=O) groups is 1. The van der Waals surface area contributed by atoms with Crippen LogP contribution >= 0.6 is 0 Å². The normalized spacial score (nSPS) is 23.4. The lowest BCUT2D eigenvalue weighted by molar-refractivity contribution is -0.118. The van der Waals surface area contributed by atoms with Crippen molar-refractivity contribution in [3.63, 3.8) is 0 Å². The Hall–Kier alpha value is -1.84. The molecule has 1 amide bonds. The molecule has 3 rings (SSSR count). The van der Waals surface area contributed by atoms with Gasteiger partial charge in [0.1, 0.15) is 6.10 Å². The van der Waals surface area contributed by atoms with Crippen LogP contribution in [-0.2, 0) is 16.1 Å². The van der Waals surface area contributed by atoms with Crippen molar-refractivity contribution in [1.82, 2.24) is 0 Å². The van der Waals surface area contributed by atoms with Crippen LogP contribution in [0, 0.1) is 0 Å². The van der Waals surface area contributed by atoms with Crippen LogP contribution in [-0.4, -0.2) is 24.8 Å². The fourth-order valence-electron chi connectivity index (χ4n) is 3.86. The molecule has 1 aromatic carbocycles. The quantitative estimate of drug-likeness (QED) is 0.637. The van der Waals surface area contributed by atoms with E-state index in [1.807, 2.05) is 18.0 Å². The van der Waals surface area contributed by atoms with Gasteiger partial charge in [-0.25, -0.2) is 0 Å². The molecule has 0 spiro atoms. The number of hydrogen-bond donors (Lipinski definition) is 0. The number of oxime groups is 1. The zero-order valence-electron chi connectivity index (χ0n) is 16.1. The van der Waals surface area contributed by atoms with E-state index in [-0.39, 0.29) is 12.0 Å². The molecule has 0 aromatic heterocycles. The maximum Gasteiger partial charge on any atom is 0.226 e. The first-order valence-corrected chi connectivity index (χ1v) is 10.3. The summed E-state index contributed by atoms with van der Waals surface area (Å²) < 4.78 is 0. The summed E-state index contributed by atoms with van der Waals surface area (Å²) in [6.07, 6.45) is 13.2. The minimum atomic E-state index is 0.211. The van der Waals surface area contributed by atoms with Gasteiger partial charge >= 0.3 is 0 Å². The van der Waals surface area contributed by atoms with Crippen LogP contribution in [0.5, 0.6) is 0 Å². The maximum absolute atomic E-state index is 12.5. The molecule has 4 bridgehead atoms. The molecular weight excluding hydrogens is 324 g/mol. The second kappa shape index (κ2) is 9.75. The molecule has 4 heteroatoms. The Morgan fingerprint density at radius 2 is 1.77 bits per heavy atom. The Bertz CT molecular complexity index is 626. The number of anilines is 1. The van der Waals surface area contributed by atoms with E-state index in [4.69, 9.17) is 4.84 Å². The van der Waals surface area contributed by atoms with Crippen LogP contribution in [0.2, 0.25) is 0 Å². The molecule has 0 aliphatic carbocycles. The molecule has 1 unspecified atom stereocenters. The molecule has 1 atom stereocenters. The van der Waals surface area contributed by atoms with Crippen LogP contribution in [0.3, 0.4) is 0 Å². The highest BCUT2D eigenvalue weighted by molar-refractivity contribution is 5.92. The van der Waals surface area contributed by atoms with Crippen molar-refractivity contribution in [3.05, 3.63) is 29.8 Å². The van der Waals surface area contributed by atoms with Crippen molar-refractivity contribution in [2.75, 3.05) is 11.9 Å². The smallest absolute Gasteiger partial charge is 0.226 e. The molecule has 4 nitrogen and oxygen atoms in total. The van der Waals surface area contributed by atoms with Crippen molar-refractivity contribution in [2.45, 2.75) is 83.2 Å². The van der Waals surface area contributed by atoms with Crippen LogP contribution in [0.25, 0.3) is 0 Å². The highest BCUT2D eigenvalue weighted by Crippen LogP contribution is 2.22. The minimum Gasteiger partial charge on any atom is -0.392 e. The molecule has 26 heavy (non-hydrogen) atoms. The minimum absolute atomic E-state index is 0.211. The van der Waals surface area contributed by atoms with Gasteiger partial charge in [-0.1, -0.05) is 36.6 Å². The van der Waals surface area contributed by atoms with Crippen molar-refractivity contribution in [2.24, 2.45) is 5.16 Å². The molecule has 142 valence electrons. The Morgan fingerprint density at radius 1 is 1.00 bits per heavy atom. The number of nitrogens with zero attached hydrogens (tertiary/aromatic N) is 2. The number of amides is 1. The molecule has 1 aromatic rings. The molecule has 0 radical (unpaired) electrons. The molecule has 0 N–H and O–H groups in total. The van der Waals surface area contributed by atoms with Gasteiger partial charge in [-0.3, -0.25) is 4.79 Å². The summed E-state index contributed by atoms with van der Waals surface area (Å²) in [5.41, 5.74) is 3.60. The summed E-state index contributed by atoms with van der Waals surface area (Å²) in [7, 11) is 1.90. The first kappa shape index (κ1) is 18.9. The van der Waals surface area contributed by atoms with E-state index in [2.05, 4.69) is 23.4 Å². The highest BCUT2D eigenvalue weighted by Gasteiger charge is 2.20. The first-order valence-electron chi connectivity index (χ1n) is 10.3. The summed E-state index contributed by atoms with van der Waals surface area (Å²) in [6, 6.07) is 8.47.